The summed E-state index contributed by atoms with van der Waals surface area (Å²) >= 11 is 0. The van der Waals surface area contributed by atoms with Crippen LogP contribution in [0.3, 0.4) is 0 Å². The zero-order valence-electron chi connectivity index (χ0n) is 10.6. The van der Waals surface area contributed by atoms with Gasteiger partial charge in [-0.3, -0.25) is 4.79 Å². The monoisotopic (exact) mass is 265 g/mol. The summed E-state index contributed by atoms with van der Waals surface area (Å²) in [5.74, 6) is -0.655. The number of benzene rings is 1. The van der Waals surface area contributed by atoms with E-state index in [-0.39, 0.29) is 17.6 Å². The molecular weight excluding hydrogens is 249 g/mol. The van der Waals surface area contributed by atoms with Crippen molar-refractivity contribution in [2.75, 3.05) is 11.9 Å². The molecule has 0 aliphatic heterocycles. The van der Waals surface area contributed by atoms with Gasteiger partial charge in [0.1, 0.15) is 11.2 Å². The fourth-order valence-electron chi connectivity index (χ4n) is 2.31. The Labute approximate surface area is 110 Å². The lowest BCUT2D eigenvalue weighted by Crippen LogP contribution is -2.54. The number of nitrogens with zero attached hydrogens (tertiary/aromatic N) is 2. The minimum atomic E-state index is -0.919. The number of rotatable bonds is 3. The summed E-state index contributed by atoms with van der Waals surface area (Å²) in [5, 5.41) is 11.8. The van der Waals surface area contributed by atoms with Crippen LogP contribution in [0.15, 0.2) is 29.4 Å². The average molecular weight is 265 g/mol. The van der Waals surface area contributed by atoms with Crippen molar-refractivity contribution in [1.29, 1.82) is 0 Å². The Balaban J connectivity index is 2.26. The van der Waals surface area contributed by atoms with E-state index in [0.29, 0.717) is 18.5 Å². The third kappa shape index (κ3) is 2.14. The molecule has 19 heavy (non-hydrogen) atoms. The lowest BCUT2D eigenvalue weighted by atomic mass is 9.67. The summed E-state index contributed by atoms with van der Waals surface area (Å²) in [7, 11) is 1.60. The van der Waals surface area contributed by atoms with Gasteiger partial charge < -0.3 is 15.8 Å². The second kappa shape index (κ2) is 4.87. The first-order valence-corrected chi connectivity index (χ1v) is 6.03. The Morgan fingerprint density at radius 1 is 1.42 bits per heavy atom. The number of anilines is 1. The van der Waals surface area contributed by atoms with E-state index in [1.165, 1.54) is 29.2 Å². The molecule has 0 saturated heterocycles. The topological polar surface area (TPSA) is 78.9 Å². The van der Waals surface area contributed by atoms with Crippen LogP contribution >= 0.6 is 0 Å². The maximum Gasteiger partial charge on any atom is 0.240 e. The maximum atomic E-state index is 12.9. The smallest absolute Gasteiger partial charge is 0.240 e. The molecule has 0 atom stereocenters. The second-order valence-electron chi connectivity index (χ2n) is 4.76. The van der Waals surface area contributed by atoms with Crippen molar-refractivity contribution in [3.8, 4) is 0 Å². The van der Waals surface area contributed by atoms with Crippen molar-refractivity contribution in [2.45, 2.75) is 19.3 Å². The van der Waals surface area contributed by atoms with Crippen LogP contribution in [-0.4, -0.2) is 24.0 Å². The molecule has 0 radical (unpaired) electrons. The van der Waals surface area contributed by atoms with Crippen molar-refractivity contribution in [1.82, 2.24) is 0 Å². The molecule has 3 N–H and O–H groups in total. The van der Waals surface area contributed by atoms with Crippen LogP contribution in [0.4, 0.5) is 10.1 Å². The van der Waals surface area contributed by atoms with Gasteiger partial charge in [0.15, 0.2) is 5.84 Å². The van der Waals surface area contributed by atoms with Gasteiger partial charge in [-0.25, -0.2) is 4.39 Å². The fourth-order valence-corrected chi connectivity index (χ4v) is 2.31. The van der Waals surface area contributed by atoms with Crippen LogP contribution in [0.25, 0.3) is 0 Å². The predicted molar refractivity (Wildman–Crippen MR) is 69.5 cm³/mol. The summed E-state index contributed by atoms with van der Waals surface area (Å²) < 4.78 is 12.9. The molecule has 1 amide bonds. The van der Waals surface area contributed by atoms with E-state index >= 15 is 0 Å². The molecule has 1 fully saturated rings. The highest BCUT2D eigenvalue weighted by Gasteiger charge is 2.49. The van der Waals surface area contributed by atoms with Gasteiger partial charge in [0.2, 0.25) is 5.91 Å². The first kappa shape index (κ1) is 13.3. The van der Waals surface area contributed by atoms with Crippen molar-refractivity contribution < 1.29 is 14.4 Å². The first-order valence-electron chi connectivity index (χ1n) is 6.03. The van der Waals surface area contributed by atoms with Gasteiger partial charge in [0.25, 0.3) is 0 Å². The third-order valence-corrected chi connectivity index (χ3v) is 3.73. The Morgan fingerprint density at radius 3 is 2.42 bits per heavy atom. The number of nitrogens with two attached hydrogens (primary N) is 1. The highest BCUT2D eigenvalue weighted by atomic mass is 19.1. The number of halogens is 1. The van der Waals surface area contributed by atoms with E-state index in [1.807, 2.05) is 0 Å². The third-order valence-electron chi connectivity index (χ3n) is 3.73. The zero-order valence-corrected chi connectivity index (χ0v) is 10.6. The number of carbonyl (C=O) groups excluding carboxylic acids is 1. The number of amidine groups is 1. The van der Waals surface area contributed by atoms with E-state index in [0.717, 1.165) is 6.42 Å². The van der Waals surface area contributed by atoms with E-state index in [2.05, 4.69) is 5.16 Å². The van der Waals surface area contributed by atoms with E-state index in [9.17, 15) is 9.18 Å². The Hall–Kier alpha value is -2.11. The largest absolute Gasteiger partial charge is 0.409 e. The summed E-state index contributed by atoms with van der Waals surface area (Å²) in [6, 6.07) is 5.61. The quantitative estimate of drug-likeness (QED) is 0.378. The number of amides is 1. The van der Waals surface area contributed by atoms with E-state index < -0.39 is 5.41 Å². The van der Waals surface area contributed by atoms with E-state index in [4.69, 9.17) is 10.9 Å². The summed E-state index contributed by atoms with van der Waals surface area (Å²) in [5.41, 5.74) is 5.30. The minimum Gasteiger partial charge on any atom is -0.409 e. The summed E-state index contributed by atoms with van der Waals surface area (Å²) in [6.45, 7) is 0. The Kier molecular flexibility index (Phi) is 3.42. The molecule has 1 aliphatic carbocycles. The van der Waals surface area contributed by atoms with Crippen LogP contribution < -0.4 is 10.6 Å². The van der Waals surface area contributed by atoms with Crippen molar-refractivity contribution in [3.63, 3.8) is 0 Å². The standard InChI is InChI=1S/C13H16FN3O2/c1-17(10-5-3-9(14)4-6-10)12(18)13(7-2-8-13)11(15)16-19/h3-6,19H,2,7-8H2,1H3,(H2,15,16). The Morgan fingerprint density at radius 2 is 2.00 bits per heavy atom. The number of carbonyl (C=O) groups is 1. The SMILES string of the molecule is CN(C(=O)C1(/C(N)=N/O)CCC1)c1ccc(F)cc1. The van der Waals surface area contributed by atoms with Crippen LogP contribution in [0, 0.1) is 11.2 Å². The second-order valence-corrected chi connectivity index (χ2v) is 4.76. The van der Waals surface area contributed by atoms with Crippen LogP contribution in [0.2, 0.25) is 0 Å². The molecule has 1 aromatic carbocycles. The molecule has 0 spiro atoms. The summed E-state index contributed by atoms with van der Waals surface area (Å²) in [6.07, 6.45) is 1.99. The molecule has 1 aliphatic rings. The summed E-state index contributed by atoms with van der Waals surface area (Å²) in [4.78, 5) is 13.9. The number of hydrogen-bond donors (Lipinski definition) is 2. The lowest BCUT2D eigenvalue weighted by molar-refractivity contribution is -0.128. The van der Waals surface area contributed by atoms with Gasteiger partial charge >= 0.3 is 0 Å². The van der Waals surface area contributed by atoms with Gasteiger partial charge in [0, 0.05) is 12.7 Å². The maximum absolute atomic E-state index is 12.9. The fraction of sp³-hybridized carbons (Fsp3) is 0.385. The molecule has 0 unspecified atom stereocenters. The van der Waals surface area contributed by atoms with Crippen LogP contribution in [0.5, 0.6) is 0 Å². The predicted octanol–water partition coefficient (Wildman–Crippen LogP) is 1.71. The first-order chi connectivity index (χ1) is 9.01. The minimum absolute atomic E-state index is 0.0577. The molecule has 5 nitrogen and oxygen atoms in total. The van der Waals surface area contributed by atoms with Crippen molar-refractivity contribution in [3.05, 3.63) is 30.1 Å². The molecule has 102 valence electrons. The van der Waals surface area contributed by atoms with Gasteiger partial charge in [-0.2, -0.15) is 0 Å². The molecule has 1 saturated carbocycles. The van der Waals surface area contributed by atoms with Gasteiger partial charge in [0.05, 0.1) is 0 Å². The highest BCUT2D eigenvalue weighted by molar-refractivity contribution is 6.13. The van der Waals surface area contributed by atoms with Gasteiger partial charge in [-0.05, 0) is 37.1 Å². The molecular formula is C13H16FN3O2. The lowest BCUT2D eigenvalue weighted by Gasteiger charge is -2.41. The normalized spacial score (nSPS) is 17.7. The number of hydrogen-bond acceptors (Lipinski definition) is 3. The molecule has 0 heterocycles. The van der Waals surface area contributed by atoms with Gasteiger partial charge in [-0.15, -0.1) is 0 Å². The van der Waals surface area contributed by atoms with Crippen LogP contribution in [-0.2, 0) is 4.79 Å². The molecule has 6 heteroatoms. The molecule has 1 aromatic rings. The molecule has 0 aromatic heterocycles. The molecule has 2 rings (SSSR count). The Bertz CT molecular complexity index is 509. The van der Waals surface area contributed by atoms with Crippen LogP contribution in [0.1, 0.15) is 19.3 Å². The van der Waals surface area contributed by atoms with Crippen molar-refractivity contribution >= 4 is 17.4 Å². The average Bonchev–Trinajstić information content (AvgIpc) is 2.37. The number of oxime groups is 1. The van der Waals surface area contributed by atoms with Crippen molar-refractivity contribution in [2.24, 2.45) is 16.3 Å². The van der Waals surface area contributed by atoms with E-state index in [1.54, 1.807) is 7.05 Å². The molecule has 0 bridgehead atoms. The van der Waals surface area contributed by atoms with Gasteiger partial charge in [-0.1, -0.05) is 11.6 Å². The highest BCUT2D eigenvalue weighted by Crippen LogP contribution is 2.43. The zero-order chi connectivity index (χ0) is 14.0.